The van der Waals surface area contributed by atoms with E-state index in [-0.39, 0.29) is 77.5 Å². The second-order valence-electron chi connectivity index (χ2n) is 13.3. The van der Waals surface area contributed by atoms with Crippen molar-refractivity contribution in [3.8, 4) is 0 Å². The van der Waals surface area contributed by atoms with Crippen LogP contribution in [0, 0.1) is 0 Å². The first-order valence-electron chi connectivity index (χ1n) is 17.8. The summed E-state index contributed by atoms with van der Waals surface area (Å²) >= 11 is 0. The number of hydrogen-bond acceptors (Lipinski definition) is 16. The van der Waals surface area contributed by atoms with Crippen LogP contribution >= 0.6 is 0 Å². The second-order valence-corrected chi connectivity index (χ2v) is 16.1. The summed E-state index contributed by atoms with van der Waals surface area (Å²) in [6.07, 6.45) is 20.2. The average Bonchev–Trinajstić information content (AvgIpc) is 3.25. The molecule has 0 atom stereocenters. The summed E-state index contributed by atoms with van der Waals surface area (Å²) < 4.78 is 69.2. The van der Waals surface area contributed by atoms with Crippen LogP contribution in [0.15, 0.2) is 195 Å². The largest absolute Gasteiger partial charge is 0.505 e. The summed E-state index contributed by atoms with van der Waals surface area (Å²) in [5.74, 6) is -2.91. The van der Waals surface area contributed by atoms with Gasteiger partial charge in [0.2, 0.25) is 0 Å². The maximum atomic E-state index is 13.1. The lowest BCUT2D eigenvalue weighted by Gasteiger charge is -2.20. The Hall–Kier alpha value is -8.58. The zero-order valence-electron chi connectivity index (χ0n) is 32.0. The van der Waals surface area contributed by atoms with Gasteiger partial charge in [-0.15, -0.1) is 10.2 Å². The molecule has 0 fully saturated rings. The molecule has 6 aliphatic rings. The molecule has 0 spiro atoms. The number of rotatable bonds is 6. The SMILES string of the molecule is O=C(N=C1C=CC2=C(O)C(=NN=C3C=CC(=[N+](O)O)C=C3)C(S(=O)(=O)O)=CC2=C1)c1ccc(C(=O)N=C2C=CC3=C(O)C(=NN=C4C=CC(=[N+](O)O)C=C4)C(S(=O)(=O)O)=CC3=C2)cc1. The fourth-order valence-corrected chi connectivity index (χ4v) is 7.36. The molecule has 24 heteroatoms. The van der Waals surface area contributed by atoms with Gasteiger partial charge in [0.25, 0.3) is 32.1 Å². The highest BCUT2D eigenvalue weighted by Gasteiger charge is 2.33. The zero-order chi connectivity index (χ0) is 46.1. The molecule has 0 aromatic heterocycles. The van der Waals surface area contributed by atoms with Gasteiger partial charge < -0.3 is 10.2 Å². The second kappa shape index (κ2) is 17.1. The third-order valence-electron chi connectivity index (χ3n) is 9.16. The molecule has 7 rings (SSSR count). The number of aliphatic imine (C=N–C) groups is 2. The highest BCUT2D eigenvalue weighted by Crippen LogP contribution is 2.33. The van der Waals surface area contributed by atoms with Crippen molar-refractivity contribution < 1.29 is 76.4 Å². The topological polar surface area (TPSA) is 344 Å². The molecule has 0 aliphatic heterocycles. The van der Waals surface area contributed by atoms with Crippen molar-refractivity contribution in [2.75, 3.05) is 0 Å². The van der Waals surface area contributed by atoms with Crippen molar-refractivity contribution >= 4 is 77.7 Å². The smallest absolute Gasteiger partial charge is 0.311 e. The number of nitrogens with zero attached hydrogens (tertiary/aromatic N) is 8. The summed E-state index contributed by atoms with van der Waals surface area (Å²) in [6.45, 7) is 0. The molecule has 0 saturated heterocycles. The van der Waals surface area contributed by atoms with Gasteiger partial charge in [0, 0.05) is 46.6 Å². The Morgan fingerprint density at radius 1 is 0.453 bits per heavy atom. The van der Waals surface area contributed by atoms with Crippen LogP contribution in [-0.4, -0.2) is 124 Å². The van der Waals surface area contributed by atoms with Crippen LogP contribution < -0.4 is 0 Å². The van der Waals surface area contributed by atoms with Crippen molar-refractivity contribution in [2.45, 2.75) is 0 Å². The Bertz CT molecular complexity index is 3000. The number of carbonyl (C=O) groups excluding carboxylic acids is 2. The van der Waals surface area contributed by atoms with Gasteiger partial charge in [-0.3, -0.25) is 18.7 Å². The minimum Gasteiger partial charge on any atom is -0.505 e. The van der Waals surface area contributed by atoms with Crippen molar-refractivity contribution in [3.63, 3.8) is 0 Å². The third-order valence-corrected chi connectivity index (χ3v) is 10.9. The van der Waals surface area contributed by atoms with E-state index in [0.29, 0.717) is 0 Å². The first-order chi connectivity index (χ1) is 30.3. The highest BCUT2D eigenvalue weighted by atomic mass is 32.2. The average molecular weight is 909 g/mol. The van der Waals surface area contributed by atoms with Crippen LogP contribution in [-0.2, 0) is 20.2 Å². The molecular formula is C40H28N8O14S2+2. The Kier molecular flexibility index (Phi) is 11.6. The predicted molar refractivity (Wildman–Crippen MR) is 227 cm³/mol. The third kappa shape index (κ3) is 9.33. The fourth-order valence-electron chi connectivity index (χ4n) is 6.04. The zero-order valence-corrected chi connectivity index (χ0v) is 33.6. The van der Waals surface area contributed by atoms with E-state index < -0.39 is 64.8 Å². The van der Waals surface area contributed by atoms with Crippen LogP contribution in [0.25, 0.3) is 0 Å². The van der Waals surface area contributed by atoms with E-state index in [0.717, 1.165) is 12.2 Å². The van der Waals surface area contributed by atoms with Gasteiger partial charge in [-0.05, 0) is 108 Å². The molecule has 0 unspecified atom stereocenters. The number of benzene rings is 1. The molecule has 0 heterocycles. The van der Waals surface area contributed by atoms with E-state index in [2.05, 4.69) is 30.4 Å². The first kappa shape index (κ1) is 43.5. The molecule has 22 nitrogen and oxygen atoms in total. The van der Waals surface area contributed by atoms with Crippen LogP contribution in [0.3, 0.4) is 0 Å². The monoisotopic (exact) mass is 908 g/mol. The molecule has 6 aliphatic carbocycles. The quantitative estimate of drug-likeness (QED) is 0.0879. The van der Waals surface area contributed by atoms with Crippen LogP contribution in [0.5, 0.6) is 0 Å². The fraction of sp³-hybridized carbons (Fsp3) is 0. The van der Waals surface area contributed by atoms with Gasteiger partial charge in [-0.1, -0.05) is 0 Å². The van der Waals surface area contributed by atoms with E-state index in [1.54, 1.807) is 0 Å². The number of aliphatic hydroxyl groups is 2. The molecule has 0 saturated carbocycles. The molecule has 8 N–H and O–H groups in total. The lowest BCUT2D eigenvalue weighted by molar-refractivity contribution is -0.954. The summed E-state index contributed by atoms with van der Waals surface area (Å²) in [5.41, 5.74) is -0.668. The number of amides is 2. The Morgan fingerprint density at radius 3 is 1.09 bits per heavy atom. The summed E-state index contributed by atoms with van der Waals surface area (Å²) in [6, 6.07) is 5.17. The minimum absolute atomic E-state index is 0.0123. The molecule has 1 aromatic rings. The lowest BCUT2D eigenvalue weighted by Crippen LogP contribution is -2.22. The number of fused-ring (bicyclic) bond motifs is 2. The van der Waals surface area contributed by atoms with Gasteiger partial charge in [0.1, 0.15) is 21.2 Å². The maximum Gasteiger partial charge on any atom is 0.311 e. The molecule has 64 heavy (non-hydrogen) atoms. The molecule has 322 valence electrons. The Morgan fingerprint density at radius 2 is 0.781 bits per heavy atom. The van der Waals surface area contributed by atoms with E-state index in [1.165, 1.54) is 109 Å². The number of hydrogen-bond donors (Lipinski definition) is 8. The molecular weight excluding hydrogens is 881 g/mol. The summed E-state index contributed by atoms with van der Waals surface area (Å²) in [7, 11) is -9.98. The molecule has 1 aromatic carbocycles. The lowest BCUT2D eigenvalue weighted by atomic mass is 9.91. The van der Waals surface area contributed by atoms with Crippen molar-refractivity contribution in [2.24, 2.45) is 30.4 Å². The van der Waals surface area contributed by atoms with Crippen molar-refractivity contribution in [3.05, 3.63) is 176 Å². The van der Waals surface area contributed by atoms with Gasteiger partial charge in [0.15, 0.2) is 21.3 Å². The van der Waals surface area contributed by atoms with E-state index in [1.807, 2.05) is 0 Å². The highest BCUT2D eigenvalue weighted by molar-refractivity contribution is 7.91. The van der Waals surface area contributed by atoms with E-state index >= 15 is 0 Å². The molecule has 2 amide bonds. The number of allylic oxidation sites excluding steroid dienone is 22. The summed E-state index contributed by atoms with van der Waals surface area (Å²) in [5, 5.41) is 73.7. The van der Waals surface area contributed by atoms with Crippen LogP contribution in [0.4, 0.5) is 0 Å². The predicted octanol–water partition coefficient (Wildman–Crippen LogP) is 3.35. The standard InChI is InChI=1S/C40H26N8O14S2/c49-37-31-15-9-27(17-23(31)19-33(63(57,58)59)35(37)45-43-25-5-11-29(12-6-25)47(53)54)41-39(51)21-1-2-22(4-3-21)40(52)42-28-10-16-32-24(18-28)20-34(64(60,61)62)36(38(32)50)46-44-26-7-13-30(14-8-26)48(55)56/h1-20H,(H6-2,41,42,43,44,49,50,51,52,53,54,55,56,57,58,59,60,61,62)/p+2. The first-order valence-corrected chi connectivity index (χ1v) is 20.7. The number of carbonyl (C=O) groups is 2. The normalized spacial score (nSPS) is 20.7. The van der Waals surface area contributed by atoms with Gasteiger partial charge in [-0.25, -0.2) is 30.8 Å². The van der Waals surface area contributed by atoms with Crippen molar-refractivity contribution in [1.82, 2.24) is 0 Å². The molecule has 0 radical (unpaired) electrons. The molecule has 0 bridgehead atoms. The Labute approximate surface area is 359 Å². The van der Waals surface area contributed by atoms with Gasteiger partial charge in [0.05, 0.1) is 22.8 Å². The van der Waals surface area contributed by atoms with Crippen molar-refractivity contribution in [1.29, 1.82) is 0 Å². The minimum atomic E-state index is -4.99. The maximum absolute atomic E-state index is 13.1. The Balaban J connectivity index is 1.08. The summed E-state index contributed by atoms with van der Waals surface area (Å²) in [4.78, 5) is 32.4. The van der Waals surface area contributed by atoms with E-state index in [4.69, 9.17) is 20.8 Å². The van der Waals surface area contributed by atoms with Gasteiger partial charge >= 0.3 is 11.4 Å². The van der Waals surface area contributed by atoms with Crippen LogP contribution in [0.2, 0.25) is 0 Å². The van der Waals surface area contributed by atoms with E-state index in [9.17, 15) is 45.7 Å². The van der Waals surface area contributed by atoms with Crippen LogP contribution in [0.1, 0.15) is 20.7 Å². The van der Waals surface area contributed by atoms with Gasteiger partial charge in [-0.2, -0.15) is 27.0 Å². The number of aliphatic hydroxyl groups excluding tert-OH is 2.